The molecule has 3 rings (SSSR count). The van der Waals surface area contributed by atoms with Crippen molar-refractivity contribution in [3.05, 3.63) is 88.3 Å². The second kappa shape index (κ2) is 14.1. The Bertz CT molecular complexity index is 1090. The first-order valence-electron chi connectivity index (χ1n) is 10.0. The highest BCUT2D eigenvalue weighted by atomic mass is 35.5. The molecule has 174 valence electrons. The molecule has 1 atom stereocenters. The number of rotatable bonds is 5. The molecule has 0 amide bonds. The van der Waals surface area contributed by atoms with E-state index in [0.29, 0.717) is 12.3 Å². The number of benzene rings is 2. The largest absolute Gasteiger partial charge is 0.497 e. The molecule has 1 aliphatic carbocycles. The van der Waals surface area contributed by atoms with Crippen LogP contribution in [0, 0.1) is 0 Å². The summed E-state index contributed by atoms with van der Waals surface area (Å²) in [5, 5.41) is 0.794. The highest BCUT2D eigenvalue weighted by Crippen LogP contribution is 2.31. The van der Waals surface area contributed by atoms with Gasteiger partial charge in [0.25, 0.3) is 0 Å². The molecule has 2 aromatic rings. The fourth-order valence-electron chi connectivity index (χ4n) is 2.60. The quantitative estimate of drug-likeness (QED) is 0.608. The van der Waals surface area contributed by atoms with Crippen molar-refractivity contribution < 1.29 is 17.4 Å². The molecule has 0 aromatic heterocycles. The minimum atomic E-state index is -3.74. The van der Waals surface area contributed by atoms with Gasteiger partial charge >= 0.3 is 0 Å². The maximum absolute atomic E-state index is 12.9. The summed E-state index contributed by atoms with van der Waals surface area (Å²) in [6.07, 6.45) is 8.55. The summed E-state index contributed by atoms with van der Waals surface area (Å²) in [5.41, 5.74) is 6.43. The molecule has 0 fully saturated rings. The number of halogens is 1. The lowest BCUT2D eigenvalue weighted by atomic mass is 10.2. The average Bonchev–Trinajstić information content (AvgIpc) is 3.07. The van der Waals surface area contributed by atoms with Gasteiger partial charge in [-0.2, -0.15) is 0 Å². The SMILES string of the molecule is CC.COc1ccc(S(=O)(=O)C2=CC=C(CN)C=CC2)c(S(C)=O)c1.Clc1ccccc1. The number of nitrogens with two attached hydrogens (primary N) is 1. The highest BCUT2D eigenvalue weighted by Gasteiger charge is 2.25. The molecule has 0 radical (unpaired) electrons. The van der Waals surface area contributed by atoms with Crippen LogP contribution in [0.25, 0.3) is 0 Å². The van der Waals surface area contributed by atoms with Gasteiger partial charge in [-0.25, -0.2) is 8.42 Å². The molecule has 0 saturated heterocycles. The van der Waals surface area contributed by atoms with Crippen molar-refractivity contribution >= 4 is 32.2 Å². The molecule has 0 saturated carbocycles. The van der Waals surface area contributed by atoms with Crippen LogP contribution in [-0.4, -0.2) is 32.5 Å². The van der Waals surface area contributed by atoms with Crippen LogP contribution >= 0.6 is 11.6 Å². The lowest BCUT2D eigenvalue weighted by Crippen LogP contribution is -2.08. The number of methoxy groups -OCH3 is 1. The molecule has 0 spiro atoms. The van der Waals surface area contributed by atoms with Crippen molar-refractivity contribution in [2.45, 2.75) is 30.1 Å². The minimum Gasteiger partial charge on any atom is -0.497 e. The first-order chi connectivity index (χ1) is 15.3. The van der Waals surface area contributed by atoms with Crippen molar-refractivity contribution in [3.8, 4) is 5.75 Å². The predicted molar refractivity (Wildman–Crippen MR) is 134 cm³/mol. The number of hydrogen-bond acceptors (Lipinski definition) is 5. The molecule has 8 heteroatoms. The van der Waals surface area contributed by atoms with E-state index in [0.717, 1.165) is 10.6 Å². The number of sulfone groups is 1. The number of hydrogen-bond donors (Lipinski definition) is 1. The molecule has 2 aromatic carbocycles. The smallest absolute Gasteiger partial charge is 0.204 e. The third kappa shape index (κ3) is 8.06. The van der Waals surface area contributed by atoms with E-state index >= 15 is 0 Å². The molecule has 2 N–H and O–H groups in total. The van der Waals surface area contributed by atoms with Crippen LogP contribution in [0.1, 0.15) is 20.3 Å². The van der Waals surface area contributed by atoms with E-state index in [1.54, 1.807) is 24.3 Å². The van der Waals surface area contributed by atoms with Gasteiger partial charge in [-0.3, -0.25) is 4.21 Å². The molecule has 1 aliphatic rings. The first-order valence-corrected chi connectivity index (χ1v) is 13.4. The second-order valence-corrected chi connectivity index (χ2v) is 10.0. The van der Waals surface area contributed by atoms with Gasteiger partial charge in [0.05, 0.1) is 32.6 Å². The summed E-state index contributed by atoms with van der Waals surface area (Å²) in [6.45, 7) is 4.34. The zero-order valence-electron chi connectivity index (χ0n) is 18.7. The highest BCUT2D eigenvalue weighted by molar-refractivity contribution is 7.96. The summed E-state index contributed by atoms with van der Waals surface area (Å²) >= 11 is 5.54. The Hall–Kier alpha value is -2.19. The Balaban J connectivity index is 0.000000477. The Morgan fingerprint density at radius 3 is 2.25 bits per heavy atom. The fourth-order valence-corrected chi connectivity index (χ4v) is 5.48. The third-order valence-corrected chi connectivity index (χ3v) is 7.46. The van der Waals surface area contributed by atoms with Gasteiger partial charge in [-0.05, 0) is 42.0 Å². The summed E-state index contributed by atoms with van der Waals surface area (Å²) in [7, 11) is -3.72. The van der Waals surface area contributed by atoms with Crippen molar-refractivity contribution in [2.75, 3.05) is 19.9 Å². The van der Waals surface area contributed by atoms with Crippen LogP contribution in [0.3, 0.4) is 0 Å². The Kier molecular flexibility index (Phi) is 12.2. The lowest BCUT2D eigenvalue weighted by molar-refractivity contribution is 0.413. The van der Waals surface area contributed by atoms with Crippen LogP contribution in [0.4, 0.5) is 0 Å². The Morgan fingerprint density at radius 1 is 1.09 bits per heavy atom. The second-order valence-electron chi connectivity index (χ2n) is 6.25. The zero-order valence-corrected chi connectivity index (χ0v) is 21.1. The van der Waals surface area contributed by atoms with E-state index in [4.69, 9.17) is 22.1 Å². The van der Waals surface area contributed by atoms with E-state index in [2.05, 4.69) is 0 Å². The third-order valence-electron chi connectivity index (χ3n) is 4.20. The summed E-state index contributed by atoms with van der Waals surface area (Å²) in [4.78, 5) is 0.527. The van der Waals surface area contributed by atoms with Gasteiger partial charge in [0.15, 0.2) is 0 Å². The number of allylic oxidation sites excluding steroid dienone is 4. The van der Waals surface area contributed by atoms with Crippen LogP contribution in [0.15, 0.2) is 93.1 Å². The van der Waals surface area contributed by atoms with Crippen LogP contribution in [0.2, 0.25) is 5.02 Å². The molecule has 32 heavy (non-hydrogen) atoms. The van der Waals surface area contributed by atoms with Crippen LogP contribution in [-0.2, 0) is 20.6 Å². The Labute approximate surface area is 199 Å². The van der Waals surface area contributed by atoms with Crippen molar-refractivity contribution in [1.29, 1.82) is 0 Å². The van der Waals surface area contributed by atoms with Crippen molar-refractivity contribution in [2.24, 2.45) is 5.73 Å². The van der Waals surface area contributed by atoms with E-state index in [9.17, 15) is 12.6 Å². The van der Waals surface area contributed by atoms with Gasteiger partial charge in [0, 0.05) is 24.2 Å². The maximum atomic E-state index is 12.9. The zero-order chi connectivity index (χ0) is 24.1. The molecular weight excluding hydrogens is 466 g/mol. The van der Waals surface area contributed by atoms with Crippen LogP contribution in [0.5, 0.6) is 5.75 Å². The first kappa shape index (κ1) is 27.8. The van der Waals surface area contributed by atoms with Gasteiger partial charge < -0.3 is 10.5 Å². The monoisotopic (exact) mass is 495 g/mol. The molecule has 0 aliphatic heterocycles. The lowest BCUT2D eigenvalue weighted by Gasteiger charge is -2.12. The van der Waals surface area contributed by atoms with Crippen molar-refractivity contribution in [3.63, 3.8) is 0 Å². The van der Waals surface area contributed by atoms with E-state index in [1.807, 2.05) is 50.3 Å². The molecular formula is C24H30ClNO4S2. The van der Waals surface area contributed by atoms with Gasteiger partial charge in [-0.1, -0.05) is 61.9 Å². The minimum absolute atomic E-state index is 0.0448. The summed E-state index contributed by atoms with van der Waals surface area (Å²) < 4.78 is 42.9. The van der Waals surface area contributed by atoms with E-state index < -0.39 is 20.6 Å². The summed E-state index contributed by atoms with van der Waals surface area (Å²) in [6, 6.07) is 13.9. The fraction of sp³-hybridized carbons (Fsp3) is 0.250. The Morgan fingerprint density at radius 2 is 1.75 bits per heavy atom. The van der Waals surface area contributed by atoms with Gasteiger partial charge in [-0.15, -0.1) is 0 Å². The van der Waals surface area contributed by atoms with E-state index in [1.165, 1.54) is 25.5 Å². The number of ether oxygens (including phenoxy) is 1. The van der Waals surface area contributed by atoms with Crippen molar-refractivity contribution in [1.82, 2.24) is 0 Å². The topological polar surface area (TPSA) is 86.5 Å². The van der Waals surface area contributed by atoms with E-state index in [-0.39, 0.29) is 21.1 Å². The average molecular weight is 496 g/mol. The van der Waals surface area contributed by atoms with Gasteiger partial charge in [0.1, 0.15) is 5.75 Å². The standard InChI is InChI=1S/C16H19NO4S2.C6H5Cl.C2H6/c1-21-13-7-9-16(15(10-13)22(2)18)23(19,20)14-5-3-4-12(11-17)6-8-14;7-6-4-2-1-3-5-6;1-2/h3-4,6-10H,5,11,17H2,1-2H3;1-5H;1-2H3. The normalized spacial score (nSPS) is 13.8. The van der Waals surface area contributed by atoms with Gasteiger partial charge in [0.2, 0.25) is 9.84 Å². The molecule has 0 heterocycles. The summed E-state index contributed by atoms with van der Waals surface area (Å²) in [5.74, 6) is 0.467. The maximum Gasteiger partial charge on any atom is 0.204 e. The predicted octanol–water partition coefficient (Wildman–Crippen LogP) is 5.30. The molecule has 1 unspecified atom stereocenters. The molecule has 0 bridgehead atoms. The van der Waals surface area contributed by atoms with Crippen LogP contribution < -0.4 is 10.5 Å². The molecule has 5 nitrogen and oxygen atoms in total.